The van der Waals surface area contributed by atoms with Crippen LogP contribution in [0.3, 0.4) is 0 Å². The first-order chi connectivity index (χ1) is 20.3. The highest BCUT2D eigenvalue weighted by atomic mass is 32.3. The van der Waals surface area contributed by atoms with Gasteiger partial charge < -0.3 is 22.5 Å². The molecule has 0 bridgehead atoms. The number of hydrogen-bond donors (Lipinski definition) is 0. The fraction of sp³-hybridized carbons (Fsp3) is 0.484. The standard InChI is InChI=1S/C31H36N4O6S/c1-34(2)18-26-28(38-19-22-3-4-22)8-6-25-27(33-39-30(25)26)7-5-21-9-12-35(13-10-21)17-23-11-14-42(20-23)40-29(36)15-24(16-32)31(37)41-42/h6,8,11,14-15,20-22H,3-5,7,9-10,12-13,17-19H2,1-2H3. The second-order valence-electron chi connectivity index (χ2n) is 11.8. The van der Waals surface area contributed by atoms with Crippen LogP contribution in [0, 0.1) is 23.2 Å². The molecule has 1 aromatic heterocycles. The highest BCUT2D eigenvalue weighted by Crippen LogP contribution is 2.59. The Morgan fingerprint density at radius 2 is 1.95 bits per heavy atom. The summed E-state index contributed by atoms with van der Waals surface area (Å²) in [5, 5.41) is 18.0. The molecule has 0 radical (unpaired) electrons. The highest BCUT2D eigenvalue weighted by Gasteiger charge is 2.34. The van der Waals surface area contributed by atoms with Crippen molar-refractivity contribution in [3.05, 3.63) is 57.5 Å². The van der Waals surface area contributed by atoms with Crippen LogP contribution in [0.2, 0.25) is 0 Å². The van der Waals surface area contributed by atoms with Crippen molar-refractivity contribution in [1.82, 2.24) is 15.0 Å². The maximum absolute atomic E-state index is 12.2. The predicted octanol–water partition coefficient (Wildman–Crippen LogP) is 4.92. The van der Waals surface area contributed by atoms with Crippen LogP contribution in [0.1, 0.15) is 43.4 Å². The molecule has 1 aliphatic carbocycles. The fourth-order valence-electron chi connectivity index (χ4n) is 5.65. The van der Waals surface area contributed by atoms with E-state index in [4.69, 9.17) is 22.9 Å². The first kappa shape index (κ1) is 28.5. The van der Waals surface area contributed by atoms with Crippen LogP contribution in [0.4, 0.5) is 0 Å². The van der Waals surface area contributed by atoms with Crippen LogP contribution >= 0.6 is 10.6 Å². The number of likely N-dealkylation sites (tertiary alicyclic amines) is 1. The number of aryl methyl sites for hydroxylation is 1. The van der Waals surface area contributed by atoms with Crippen LogP contribution < -0.4 is 4.74 Å². The zero-order valence-corrected chi connectivity index (χ0v) is 24.9. The summed E-state index contributed by atoms with van der Waals surface area (Å²) in [6.07, 6.45) is 9.33. The van der Waals surface area contributed by atoms with Crippen molar-refractivity contribution in [3.63, 3.8) is 0 Å². The van der Waals surface area contributed by atoms with Crippen molar-refractivity contribution in [3.8, 4) is 11.8 Å². The Labute approximate surface area is 247 Å². The van der Waals surface area contributed by atoms with Gasteiger partial charge in [0.15, 0.2) is 5.58 Å². The molecule has 2 aromatic rings. The maximum atomic E-state index is 12.2. The monoisotopic (exact) mass is 592 g/mol. The van der Waals surface area contributed by atoms with Crippen molar-refractivity contribution in [2.45, 2.75) is 45.1 Å². The lowest BCUT2D eigenvalue weighted by atomic mass is 9.91. The molecule has 1 unspecified atom stereocenters. The van der Waals surface area contributed by atoms with Gasteiger partial charge in [-0.05, 0) is 101 Å². The van der Waals surface area contributed by atoms with E-state index in [2.05, 4.69) is 41.2 Å². The zero-order chi connectivity index (χ0) is 29.3. The van der Waals surface area contributed by atoms with Gasteiger partial charge >= 0.3 is 11.9 Å². The Hall–Kier alpha value is -3.59. The van der Waals surface area contributed by atoms with Gasteiger partial charge in [0, 0.05) is 23.9 Å². The van der Waals surface area contributed by atoms with E-state index in [0.717, 1.165) is 91.5 Å². The van der Waals surface area contributed by atoms with Crippen LogP contribution in [0.25, 0.3) is 11.0 Å². The van der Waals surface area contributed by atoms with Gasteiger partial charge in [0.1, 0.15) is 17.4 Å². The van der Waals surface area contributed by atoms with Gasteiger partial charge in [0.25, 0.3) is 0 Å². The largest absolute Gasteiger partial charge is 0.493 e. The van der Waals surface area contributed by atoms with Gasteiger partial charge in [-0.2, -0.15) is 5.26 Å². The summed E-state index contributed by atoms with van der Waals surface area (Å²) in [6, 6.07) is 5.87. The van der Waals surface area contributed by atoms with Crippen LogP contribution in [0.15, 0.2) is 50.8 Å². The lowest BCUT2D eigenvalue weighted by molar-refractivity contribution is -0.129. The number of aromatic nitrogens is 1. The number of piperidine rings is 1. The molecule has 222 valence electrons. The van der Waals surface area contributed by atoms with Crippen molar-refractivity contribution in [1.29, 1.82) is 5.26 Å². The molecule has 11 heteroatoms. The number of nitrogens with zero attached hydrogens (tertiary/aromatic N) is 4. The summed E-state index contributed by atoms with van der Waals surface area (Å²) >= 11 is 0. The van der Waals surface area contributed by atoms with Crippen molar-refractivity contribution in [2.24, 2.45) is 11.8 Å². The average Bonchev–Trinajstić information content (AvgIpc) is 3.61. The van der Waals surface area contributed by atoms with E-state index >= 15 is 0 Å². The van der Waals surface area contributed by atoms with E-state index in [1.807, 2.05) is 6.08 Å². The second kappa shape index (κ2) is 12.0. The summed E-state index contributed by atoms with van der Waals surface area (Å²) in [6.45, 7) is 4.09. The summed E-state index contributed by atoms with van der Waals surface area (Å²) in [7, 11) is 1.48. The minimum absolute atomic E-state index is 0.350. The van der Waals surface area contributed by atoms with Crippen LogP contribution in [0.5, 0.6) is 5.75 Å². The van der Waals surface area contributed by atoms with E-state index in [1.54, 1.807) is 16.9 Å². The van der Waals surface area contributed by atoms with Gasteiger partial charge in [0.05, 0.1) is 29.3 Å². The topological polar surface area (TPSA) is 118 Å². The van der Waals surface area contributed by atoms with E-state index in [0.29, 0.717) is 18.4 Å². The van der Waals surface area contributed by atoms with E-state index in [1.165, 1.54) is 12.8 Å². The number of ether oxygens (including phenoxy) is 1. The second-order valence-corrected chi connectivity index (χ2v) is 13.8. The van der Waals surface area contributed by atoms with Crippen LogP contribution in [-0.2, 0) is 30.9 Å². The Morgan fingerprint density at radius 3 is 2.69 bits per heavy atom. The number of nitriles is 1. The number of fused-ring (bicyclic) bond motifs is 1. The average molecular weight is 593 g/mol. The lowest BCUT2D eigenvalue weighted by Gasteiger charge is -2.33. The number of carbonyl (C=O) groups is 2. The number of benzene rings is 1. The predicted molar refractivity (Wildman–Crippen MR) is 158 cm³/mol. The summed E-state index contributed by atoms with van der Waals surface area (Å²) in [5.41, 5.74) is 3.50. The van der Waals surface area contributed by atoms with Gasteiger partial charge in [-0.1, -0.05) is 15.7 Å². The molecule has 1 saturated heterocycles. The molecule has 10 nitrogen and oxygen atoms in total. The van der Waals surface area contributed by atoms with Crippen molar-refractivity contribution in [2.75, 3.05) is 40.3 Å². The fourth-order valence-corrected chi connectivity index (χ4v) is 7.54. The molecule has 1 spiro atoms. The number of carbonyl (C=O) groups excluding carboxylic acids is 2. The van der Waals surface area contributed by atoms with Crippen molar-refractivity contribution >= 4 is 33.5 Å². The van der Waals surface area contributed by atoms with Crippen molar-refractivity contribution < 1.29 is 27.2 Å². The van der Waals surface area contributed by atoms with Gasteiger partial charge in [-0.15, -0.1) is 0 Å². The molecular formula is C31H36N4O6S. The van der Waals surface area contributed by atoms with Crippen LogP contribution in [-0.4, -0.2) is 67.2 Å². The molecule has 6 rings (SSSR count). The summed E-state index contributed by atoms with van der Waals surface area (Å²) in [4.78, 5) is 28.8. The molecule has 4 heterocycles. The first-order valence-electron chi connectivity index (χ1n) is 14.5. The van der Waals surface area contributed by atoms with E-state index in [9.17, 15) is 9.59 Å². The van der Waals surface area contributed by atoms with E-state index in [-0.39, 0.29) is 5.57 Å². The molecule has 1 aromatic carbocycles. The number of rotatable bonds is 10. The third-order valence-electron chi connectivity index (χ3n) is 8.13. The Kier molecular flexibility index (Phi) is 8.12. The SMILES string of the molecule is CN(C)Cc1c(OCC2CC2)ccc2c(CCC3CCN(CC4=CS5(C=C4)OC(=O)C=C(C#N)C(=O)O5)CC3)noc12. The molecule has 42 heavy (non-hydrogen) atoms. The van der Waals surface area contributed by atoms with Gasteiger partial charge in [-0.25, -0.2) is 9.59 Å². The molecular weight excluding hydrogens is 556 g/mol. The molecule has 1 saturated carbocycles. The summed E-state index contributed by atoms with van der Waals surface area (Å²) < 4.78 is 22.9. The Bertz CT molecular complexity index is 1510. The lowest BCUT2D eigenvalue weighted by Crippen LogP contribution is -2.35. The smallest absolute Gasteiger partial charge is 0.372 e. The quantitative estimate of drug-likeness (QED) is 0.376. The van der Waals surface area contributed by atoms with Gasteiger partial charge in [-0.3, -0.25) is 4.90 Å². The minimum Gasteiger partial charge on any atom is -0.493 e. The molecule has 3 aliphatic heterocycles. The number of hydrogen-bond acceptors (Lipinski definition) is 10. The Morgan fingerprint density at radius 1 is 1.14 bits per heavy atom. The highest BCUT2D eigenvalue weighted by molar-refractivity contribution is 8.31. The van der Waals surface area contributed by atoms with Gasteiger partial charge in [0.2, 0.25) is 0 Å². The molecule has 0 N–H and O–H groups in total. The molecule has 1 atom stereocenters. The molecule has 4 aliphatic rings. The van der Waals surface area contributed by atoms with E-state index < -0.39 is 22.5 Å². The zero-order valence-electron chi connectivity index (χ0n) is 24.0. The minimum atomic E-state index is -2.62. The maximum Gasteiger partial charge on any atom is 0.372 e. The third-order valence-corrected chi connectivity index (χ3v) is 10.1. The molecule has 2 fully saturated rings. The Balaban J connectivity index is 1.03. The third kappa shape index (κ3) is 6.41. The normalized spacial score (nSPS) is 24.6. The summed E-state index contributed by atoms with van der Waals surface area (Å²) in [5.74, 6) is 0.603. The first-order valence-corrected chi connectivity index (χ1v) is 16.1. The molecule has 0 amide bonds.